The van der Waals surface area contributed by atoms with E-state index < -0.39 is 0 Å². The lowest BCUT2D eigenvalue weighted by Gasteiger charge is -2.18. The highest BCUT2D eigenvalue weighted by Gasteiger charge is 2.35. The lowest BCUT2D eigenvalue weighted by Crippen LogP contribution is -2.38. The average Bonchev–Trinajstić information content (AvgIpc) is 2.58. The lowest BCUT2D eigenvalue weighted by atomic mass is 10.1. The van der Waals surface area contributed by atoms with Gasteiger partial charge in [-0.3, -0.25) is 0 Å². The van der Waals surface area contributed by atoms with Gasteiger partial charge in [-0.15, -0.1) is 0 Å². The molecular formula is C13H18BrN3O. The van der Waals surface area contributed by atoms with E-state index >= 15 is 0 Å². The molecule has 5 heteroatoms. The highest BCUT2D eigenvalue weighted by molar-refractivity contribution is 9.10. The van der Waals surface area contributed by atoms with E-state index in [-0.39, 0.29) is 18.1 Å². The Bertz CT molecular complexity index is 432. The maximum Gasteiger partial charge on any atom is 0.320 e. The standard InChI is InChI=1S/C13H18BrN3O/c1-9(15)7-17-8-12(16(2)13(17)18)10-3-5-11(14)6-4-10/h3-6,9,12H,7-8,15H2,1-2H3. The zero-order valence-corrected chi connectivity index (χ0v) is 12.2. The van der Waals surface area contributed by atoms with Gasteiger partial charge >= 0.3 is 6.03 Å². The maximum absolute atomic E-state index is 12.1. The zero-order chi connectivity index (χ0) is 13.3. The van der Waals surface area contributed by atoms with Gasteiger partial charge in [0.15, 0.2) is 0 Å². The maximum atomic E-state index is 12.1. The number of halogens is 1. The van der Waals surface area contributed by atoms with Gasteiger partial charge in [0.1, 0.15) is 0 Å². The predicted octanol–water partition coefficient (Wildman–Crippen LogP) is 2.20. The third-order valence-corrected chi connectivity index (χ3v) is 3.72. The van der Waals surface area contributed by atoms with Crippen molar-refractivity contribution in [3.8, 4) is 0 Å². The summed E-state index contributed by atoms with van der Waals surface area (Å²) in [6, 6.07) is 8.28. The van der Waals surface area contributed by atoms with Crippen molar-refractivity contribution in [3.63, 3.8) is 0 Å². The van der Waals surface area contributed by atoms with Gasteiger partial charge in [-0.25, -0.2) is 4.79 Å². The molecule has 1 heterocycles. The van der Waals surface area contributed by atoms with E-state index in [1.807, 2.05) is 43.1 Å². The van der Waals surface area contributed by atoms with Gasteiger partial charge in [-0.05, 0) is 24.6 Å². The number of carbonyl (C=O) groups is 1. The van der Waals surface area contributed by atoms with Gasteiger partial charge in [0, 0.05) is 30.7 Å². The summed E-state index contributed by atoms with van der Waals surface area (Å²) in [5.41, 5.74) is 6.92. The molecule has 2 amide bonds. The van der Waals surface area contributed by atoms with Crippen molar-refractivity contribution in [2.45, 2.75) is 19.0 Å². The van der Waals surface area contributed by atoms with Gasteiger partial charge in [-0.2, -0.15) is 0 Å². The van der Waals surface area contributed by atoms with Crippen LogP contribution in [0.2, 0.25) is 0 Å². The third-order valence-electron chi connectivity index (χ3n) is 3.20. The second-order valence-corrected chi connectivity index (χ2v) is 5.76. The fraction of sp³-hybridized carbons (Fsp3) is 0.462. The Morgan fingerprint density at radius 1 is 1.44 bits per heavy atom. The van der Waals surface area contributed by atoms with Crippen LogP contribution in [-0.4, -0.2) is 42.0 Å². The van der Waals surface area contributed by atoms with Gasteiger partial charge in [0.05, 0.1) is 6.04 Å². The van der Waals surface area contributed by atoms with E-state index in [0.717, 1.165) is 10.0 Å². The number of hydrogen-bond donors (Lipinski definition) is 1. The number of nitrogens with two attached hydrogens (primary N) is 1. The number of likely N-dealkylation sites (N-methyl/N-ethyl adjacent to an activating group) is 1. The van der Waals surface area contributed by atoms with Crippen LogP contribution in [0.4, 0.5) is 4.79 Å². The molecule has 2 N–H and O–H groups in total. The minimum Gasteiger partial charge on any atom is -0.326 e. The Labute approximate surface area is 116 Å². The Morgan fingerprint density at radius 3 is 2.61 bits per heavy atom. The van der Waals surface area contributed by atoms with Crippen LogP contribution in [0, 0.1) is 0 Å². The monoisotopic (exact) mass is 311 g/mol. The molecule has 18 heavy (non-hydrogen) atoms. The fourth-order valence-electron chi connectivity index (χ4n) is 2.28. The first kappa shape index (κ1) is 13.4. The zero-order valence-electron chi connectivity index (χ0n) is 10.6. The molecule has 1 aliphatic heterocycles. The summed E-state index contributed by atoms with van der Waals surface area (Å²) >= 11 is 3.42. The number of hydrogen-bond acceptors (Lipinski definition) is 2. The van der Waals surface area contributed by atoms with Crippen LogP contribution in [0.15, 0.2) is 28.7 Å². The molecule has 0 spiro atoms. The molecule has 1 saturated heterocycles. The van der Waals surface area contributed by atoms with E-state index in [9.17, 15) is 4.79 Å². The number of benzene rings is 1. The van der Waals surface area contributed by atoms with Gasteiger partial charge in [0.25, 0.3) is 0 Å². The van der Waals surface area contributed by atoms with Crippen LogP contribution >= 0.6 is 15.9 Å². The molecule has 1 fully saturated rings. The van der Waals surface area contributed by atoms with Crippen molar-refractivity contribution in [2.75, 3.05) is 20.1 Å². The molecule has 0 radical (unpaired) electrons. The number of nitrogens with zero attached hydrogens (tertiary/aromatic N) is 2. The molecular weight excluding hydrogens is 294 g/mol. The molecule has 1 aliphatic rings. The van der Waals surface area contributed by atoms with Crippen molar-refractivity contribution < 1.29 is 4.79 Å². The minimum absolute atomic E-state index is 0.00557. The Kier molecular flexibility index (Phi) is 3.92. The summed E-state index contributed by atoms with van der Waals surface area (Å²) in [7, 11) is 1.84. The highest BCUT2D eigenvalue weighted by atomic mass is 79.9. The van der Waals surface area contributed by atoms with Crippen LogP contribution in [-0.2, 0) is 0 Å². The first-order valence-electron chi connectivity index (χ1n) is 6.02. The van der Waals surface area contributed by atoms with Crippen LogP contribution in [0.1, 0.15) is 18.5 Å². The van der Waals surface area contributed by atoms with E-state index in [0.29, 0.717) is 13.1 Å². The molecule has 4 nitrogen and oxygen atoms in total. The van der Waals surface area contributed by atoms with Crippen LogP contribution in [0.5, 0.6) is 0 Å². The summed E-state index contributed by atoms with van der Waals surface area (Å²) < 4.78 is 1.05. The number of rotatable bonds is 3. The van der Waals surface area contributed by atoms with E-state index in [4.69, 9.17) is 5.73 Å². The Balaban J connectivity index is 2.15. The van der Waals surface area contributed by atoms with Gasteiger partial charge in [-0.1, -0.05) is 28.1 Å². The summed E-state index contributed by atoms with van der Waals surface area (Å²) in [6.45, 7) is 3.23. The van der Waals surface area contributed by atoms with Crippen molar-refractivity contribution in [2.24, 2.45) is 5.73 Å². The topological polar surface area (TPSA) is 49.6 Å². The molecule has 0 saturated carbocycles. The molecule has 0 aromatic heterocycles. The second-order valence-electron chi connectivity index (χ2n) is 4.84. The number of carbonyl (C=O) groups excluding carboxylic acids is 1. The van der Waals surface area contributed by atoms with Crippen molar-refractivity contribution in [1.82, 2.24) is 9.80 Å². The Morgan fingerprint density at radius 2 is 2.06 bits per heavy atom. The Hall–Kier alpha value is -1.07. The van der Waals surface area contributed by atoms with Crippen LogP contribution < -0.4 is 5.73 Å². The fourth-order valence-corrected chi connectivity index (χ4v) is 2.54. The van der Waals surface area contributed by atoms with E-state index in [1.54, 1.807) is 4.90 Å². The smallest absolute Gasteiger partial charge is 0.320 e. The molecule has 0 aliphatic carbocycles. The van der Waals surface area contributed by atoms with Gasteiger partial charge < -0.3 is 15.5 Å². The first-order chi connectivity index (χ1) is 8.49. The summed E-state index contributed by atoms with van der Waals surface area (Å²) in [5, 5.41) is 0. The largest absolute Gasteiger partial charge is 0.326 e. The molecule has 2 rings (SSSR count). The molecule has 2 unspecified atom stereocenters. The summed E-state index contributed by atoms with van der Waals surface area (Å²) in [6.07, 6.45) is 0. The van der Waals surface area contributed by atoms with Crippen LogP contribution in [0.25, 0.3) is 0 Å². The normalized spacial score (nSPS) is 21.6. The first-order valence-corrected chi connectivity index (χ1v) is 6.81. The summed E-state index contributed by atoms with van der Waals surface area (Å²) in [5.74, 6) is 0. The molecule has 1 aromatic rings. The van der Waals surface area contributed by atoms with E-state index in [1.165, 1.54) is 0 Å². The average molecular weight is 312 g/mol. The summed E-state index contributed by atoms with van der Waals surface area (Å²) in [4.78, 5) is 15.7. The molecule has 2 atom stereocenters. The lowest BCUT2D eigenvalue weighted by molar-refractivity contribution is 0.194. The predicted molar refractivity (Wildman–Crippen MR) is 75.3 cm³/mol. The van der Waals surface area contributed by atoms with Crippen molar-refractivity contribution in [1.29, 1.82) is 0 Å². The SMILES string of the molecule is CC(N)CN1CC(c2ccc(Br)cc2)N(C)C1=O. The number of amides is 2. The van der Waals surface area contributed by atoms with Crippen LogP contribution in [0.3, 0.4) is 0 Å². The minimum atomic E-state index is 0.00557. The number of urea groups is 1. The second kappa shape index (κ2) is 5.28. The van der Waals surface area contributed by atoms with Crippen molar-refractivity contribution >= 4 is 22.0 Å². The highest BCUT2D eigenvalue weighted by Crippen LogP contribution is 2.28. The third kappa shape index (κ3) is 2.67. The quantitative estimate of drug-likeness (QED) is 0.930. The molecule has 1 aromatic carbocycles. The van der Waals surface area contributed by atoms with Crippen molar-refractivity contribution in [3.05, 3.63) is 34.3 Å². The van der Waals surface area contributed by atoms with Gasteiger partial charge in [0.2, 0.25) is 0 Å². The molecule has 0 bridgehead atoms. The van der Waals surface area contributed by atoms with E-state index in [2.05, 4.69) is 15.9 Å². The molecule has 98 valence electrons.